The van der Waals surface area contributed by atoms with Crippen LogP contribution in [-0.2, 0) is 13.5 Å². The number of halogens is 2. The van der Waals surface area contributed by atoms with Gasteiger partial charge in [-0.3, -0.25) is 9.48 Å². The molecule has 0 radical (unpaired) electrons. The molecule has 9 nitrogen and oxygen atoms in total. The molecule has 3 aromatic carbocycles. The van der Waals surface area contributed by atoms with Gasteiger partial charge in [-0.05, 0) is 88.4 Å². The predicted octanol–water partition coefficient (Wildman–Crippen LogP) is 8.99. The average molecular weight is 699 g/mol. The van der Waals surface area contributed by atoms with Gasteiger partial charge in [0.2, 0.25) is 0 Å². The van der Waals surface area contributed by atoms with Crippen LogP contribution in [0.15, 0.2) is 48.7 Å². The lowest BCUT2D eigenvalue weighted by Gasteiger charge is -2.34. The van der Waals surface area contributed by atoms with Gasteiger partial charge in [-0.2, -0.15) is 5.10 Å². The lowest BCUT2D eigenvalue weighted by Crippen LogP contribution is -2.42. The highest BCUT2D eigenvalue weighted by Gasteiger charge is 2.37. The van der Waals surface area contributed by atoms with Crippen molar-refractivity contribution in [1.29, 1.82) is 0 Å². The van der Waals surface area contributed by atoms with E-state index in [-0.39, 0.29) is 17.5 Å². The van der Waals surface area contributed by atoms with E-state index in [1.807, 2.05) is 69.8 Å². The summed E-state index contributed by atoms with van der Waals surface area (Å²) in [7, 11) is 1.92. The number of aromatic amines is 1. The number of aryl methyl sites for hydroxylation is 5. The first kappa shape index (κ1) is 32.8. The van der Waals surface area contributed by atoms with Crippen LogP contribution in [0.1, 0.15) is 68.3 Å². The van der Waals surface area contributed by atoms with Crippen LogP contribution < -0.4 is 9.64 Å². The summed E-state index contributed by atoms with van der Waals surface area (Å²) in [4.78, 5) is 31.7. The number of hydrogen-bond acceptors (Lipinski definition) is 4. The van der Waals surface area contributed by atoms with Crippen LogP contribution in [0, 0.1) is 27.7 Å². The Morgan fingerprint density at radius 1 is 1.06 bits per heavy atom. The lowest BCUT2D eigenvalue weighted by atomic mass is 9.98. The molecule has 0 saturated carbocycles. The van der Waals surface area contributed by atoms with Crippen LogP contribution >= 0.6 is 23.2 Å². The molecule has 0 unspecified atom stereocenters. The number of amides is 1. The van der Waals surface area contributed by atoms with Gasteiger partial charge in [-0.1, -0.05) is 41.4 Å². The number of nitrogens with zero attached hydrogens (tertiary/aromatic N) is 4. The molecular formula is C38H37Cl2N5O4. The molecule has 4 heterocycles. The Balaban J connectivity index is 1.37. The van der Waals surface area contributed by atoms with Gasteiger partial charge >= 0.3 is 5.97 Å². The van der Waals surface area contributed by atoms with Crippen molar-refractivity contribution in [1.82, 2.24) is 19.3 Å². The summed E-state index contributed by atoms with van der Waals surface area (Å²) in [6.45, 7) is 10.9. The molecule has 0 fully saturated rings. The quantitative estimate of drug-likeness (QED) is 0.155. The minimum Gasteiger partial charge on any atom is -0.494 e. The molecule has 1 amide bonds. The smallest absolute Gasteiger partial charge is 0.337 e. The summed E-state index contributed by atoms with van der Waals surface area (Å²) in [5, 5.41) is 17.3. The number of ether oxygens (including phenoxy) is 1. The molecule has 3 aromatic heterocycles. The van der Waals surface area contributed by atoms with E-state index in [4.69, 9.17) is 33.0 Å². The molecule has 0 bridgehead atoms. The third kappa shape index (κ3) is 5.27. The van der Waals surface area contributed by atoms with Crippen LogP contribution in [0.3, 0.4) is 0 Å². The number of benzene rings is 3. The molecular weight excluding hydrogens is 661 g/mol. The number of carboxylic acids is 1. The number of carboxylic acid groups (broad SMARTS) is 1. The number of rotatable bonds is 8. The number of H-pyrrole nitrogens is 1. The van der Waals surface area contributed by atoms with Crippen molar-refractivity contribution < 1.29 is 19.4 Å². The number of carbonyl (C=O) groups is 2. The van der Waals surface area contributed by atoms with Gasteiger partial charge in [0.25, 0.3) is 5.91 Å². The van der Waals surface area contributed by atoms with Crippen molar-refractivity contribution in [2.45, 2.75) is 53.5 Å². The van der Waals surface area contributed by atoms with E-state index >= 15 is 0 Å². The second kappa shape index (κ2) is 12.3. The van der Waals surface area contributed by atoms with Gasteiger partial charge in [0, 0.05) is 58.4 Å². The zero-order valence-electron chi connectivity index (χ0n) is 28.2. The number of aromatic carboxylic acids is 1. The third-order valence-electron chi connectivity index (χ3n) is 9.78. The Kier molecular flexibility index (Phi) is 8.24. The highest BCUT2D eigenvalue weighted by Crippen LogP contribution is 2.45. The first-order chi connectivity index (χ1) is 23.4. The van der Waals surface area contributed by atoms with Crippen LogP contribution in [0.2, 0.25) is 10.0 Å². The summed E-state index contributed by atoms with van der Waals surface area (Å²) in [5.41, 5.74) is 9.42. The highest BCUT2D eigenvalue weighted by atomic mass is 35.5. The molecule has 1 aliphatic rings. The topological polar surface area (TPSA) is 105 Å². The summed E-state index contributed by atoms with van der Waals surface area (Å²) in [6.07, 6.45) is 2.72. The number of para-hydroxylation sites is 1. The average Bonchev–Trinajstić information content (AvgIpc) is 3.72. The van der Waals surface area contributed by atoms with Crippen molar-refractivity contribution in [2.24, 2.45) is 7.05 Å². The minimum absolute atomic E-state index is 0.140. The van der Waals surface area contributed by atoms with E-state index in [2.05, 4.69) is 16.5 Å². The molecule has 0 saturated heterocycles. The fraction of sp³-hybridized carbons (Fsp3) is 0.289. The van der Waals surface area contributed by atoms with Crippen molar-refractivity contribution in [3.05, 3.63) is 98.0 Å². The number of carbonyl (C=O) groups excluding carboxylic acids is 1. The van der Waals surface area contributed by atoms with Crippen molar-refractivity contribution in [3.8, 4) is 16.9 Å². The Morgan fingerprint density at radius 3 is 2.47 bits per heavy atom. The summed E-state index contributed by atoms with van der Waals surface area (Å²) >= 11 is 13.4. The Morgan fingerprint density at radius 2 is 1.80 bits per heavy atom. The Hall–Kier alpha value is -4.73. The fourth-order valence-electron chi connectivity index (χ4n) is 7.48. The molecule has 0 spiro atoms. The SMILES string of the molecule is Cc1cc(OCCCc2c3n(c4c(-c5c(C)nn(C)c5C)c(Cl)ccc24)[C@H](C)CN(c2cccc4c(C(=O)O)c[nH]c24)C3=O)cc(C)c1Cl. The monoisotopic (exact) mass is 697 g/mol. The largest absolute Gasteiger partial charge is 0.494 e. The van der Waals surface area contributed by atoms with Crippen LogP contribution in [-0.4, -0.2) is 49.5 Å². The highest BCUT2D eigenvalue weighted by molar-refractivity contribution is 6.35. The second-order valence-electron chi connectivity index (χ2n) is 13.0. The summed E-state index contributed by atoms with van der Waals surface area (Å²) < 4.78 is 10.2. The first-order valence-corrected chi connectivity index (χ1v) is 17.0. The molecule has 49 heavy (non-hydrogen) atoms. The number of anilines is 1. The van der Waals surface area contributed by atoms with E-state index in [0.717, 1.165) is 60.9 Å². The van der Waals surface area contributed by atoms with E-state index in [1.165, 1.54) is 6.20 Å². The van der Waals surface area contributed by atoms with Crippen LogP contribution in [0.5, 0.6) is 5.75 Å². The van der Waals surface area contributed by atoms with Crippen molar-refractivity contribution in [2.75, 3.05) is 18.1 Å². The maximum atomic E-state index is 14.9. The van der Waals surface area contributed by atoms with Gasteiger partial charge in [-0.25, -0.2) is 4.79 Å². The van der Waals surface area contributed by atoms with E-state index < -0.39 is 5.97 Å². The molecule has 1 atom stereocenters. The fourth-order valence-corrected chi connectivity index (χ4v) is 7.83. The number of fused-ring (bicyclic) bond motifs is 4. The van der Waals surface area contributed by atoms with E-state index in [1.54, 1.807) is 17.0 Å². The van der Waals surface area contributed by atoms with Gasteiger partial charge in [0.15, 0.2) is 0 Å². The van der Waals surface area contributed by atoms with E-state index in [9.17, 15) is 14.7 Å². The van der Waals surface area contributed by atoms with Crippen molar-refractivity contribution in [3.63, 3.8) is 0 Å². The number of nitrogens with one attached hydrogen (secondary N) is 1. The van der Waals surface area contributed by atoms with Gasteiger partial charge in [0.1, 0.15) is 11.4 Å². The van der Waals surface area contributed by atoms with Gasteiger partial charge in [0.05, 0.1) is 39.6 Å². The van der Waals surface area contributed by atoms with E-state index in [0.29, 0.717) is 53.3 Å². The lowest BCUT2D eigenvalue weighted by molar-refractivity contribution is 0.0698. The van der Waals surface area contributed by atoms with Crippen LogP contribution in [0.25, 0.3) is 32.9 Å². The molecule has 1 aliphatic heterocycles. The standard InChI is InChI=1S/C38H37Cl2N5O4/c1-19-15-24(16-20(2)33(19)40)49-14-8-10-26-27-12-13-29(39)32(31-22(4)42-43(6)23(31)5)35(27)45-21(3)18-44(37(46)36(26)45)30-11-7-9-25-28(38(47)48)17-41-34(25)30/h7,9,11-13,15-17,21,41H,8,10,14,18H2,1-6H3,(H,47,48)/t21-/m1/s1. The normalized spacial score (nSPS) is 14.7. The molecule has 0 aliphatic carbocycles. The molecule has 2 N–H and O–H groups in total. The number of hydrogen-bond donors (Lipinski definition) is 2. The Bertz CT molecular complexity index is 2310. The summed E-state index contributed by atoms with van der Waals surface area (Å²) in [5.74, 6) is -0.425. The maximum absolute atomic E-state index is 14.9. The number of aromatic nitrogens is 4. The first-order valence-electron chi connectivity index (χ1n) is 16.3. The van der Waals surface area contributed by atoms with Crippen LogP contribution in [0.4, 0.5) is 5.69 Å². The Labute approximate surface area is 294 Å². The summed E-state index contributed by atoms with van der Waals surface area (Å²) in [6, 6.07) is 13.1. The molecule has 7 rings (SSSR count). The molecule has 252 valence electrons. The van der Waals surface area contributed by atoms with Crippen molar-refractivity contribution >= 4 is 62.6 Å². The predicted molar refractivity (Wildman–Crippen MR) is 195 cm³/mol. The minimum atomic E-state index is -1.03. The van der Waals surface area contributed by atoms with Gasteiger partial charge < -0.3 is 24.3 Å². The molecule has 6 aromatic rings. The molecule has 11 heteroatoms. The maximum Gasteiger partial charge on any atom is 0.337 e. The zero-order valence-corrected chi connectivity index (χ0v) is 29.8. The zero-order chi connectivity index (χ0) is 34.9. The third-order valence-corrected chi connectivity index (χ3v) is 10.7. The second-order valence-corrected chi connectivity index (χ2v) is 13.8. The van der Waals surface area contributed by atoms with Gasteiger partial charge in [-0.15, -0.1) is 0 Å².